The molecule has 13 heavy (non-hydrogen) atoms. The van der Waals surface area contributed by atoms with Crippen LogP contribution in [0.2, 0.25) is 0 Å². The number of nitrogens with zero attached hydrogens (tertiary/aromatic N) is 1. The molecule has 2 heteroatoms. The lowest BCUT2D eigenvalue weighted by Gasteiger charge is -2.22. The van der Waals surface area contributed by atoms with Crippen molar-refractivity contribution >= 4 is 0 Å². The van der Waals surface area contributed by atoms with Crippen LogP contribution >= 0.6 is 0 Å². The highest BCUT2D eigenvalue weighted by Gasteiger charge is 2.17. The first-order valence-electron chi connectivity index (χ1n) is 5.14. The molecular formula is C11H19NO. The zero-order chi connectivity index (χ0) is 9.52. The molecule has 0 radical (unpaired) electrons. The van der Waals surface area contributed by atoms with Gasteiger partial charge in [0.05, 0.1) is 6.10 Å². The lowest BCUT2D eigenvalue weighted by molar-refractivity contribution is 0.0756. The van der Waals surface area contributed by atoms with Gasteiger partial charge >= 0.3 is 0 Å². The summed E-state index contributed by atoms with van der Waals surface area (Å²) in [7, 11) is 0. The largest absolute Gasteiger partial charge is 0.377 e. The van der Waals surface area contributed by atoms with E-state index in [-0.39, 0.29) is 0 Å². The summed E-state index contributed by atoms with van der Waals surface area (Å²) in [5, 5.41) is 0. The maximum Gasteiger partial charge on any atom is 0.0702 e. The van der Waals surface area contributed by atoms with E-state index >= 15 is 0 Å². The third kappa shape index (κ3) is 3.80. The van der Waals surface area contributed by atoms with E-state index in [9.17, 15) is 0 Å². The van der Waals surface area contributed by atoms with E-state index in [0.717, 1.165) is 32.7 Å². The van der Waals surface area contributed by atoms with Gasteiger partial charge in [-0.25, -0.2) is 0 Å². The SMILES string of the molecule is C#CCCN(CC)CC1CCCO1. The molecule has 0 N–H and O–H groups in total. The van der Waals surface area contributed by atoms with Crippen molar-refractivity contribution in [3.63, 3.8) is 0 Å². The van der Waals surface area contributed by atoms with Crippen LogP contribution in [0.4, 0.5) is 0 Å². The number of likely N-dealkylation sites (N-methyl/N-ethyl adjacent to an activating group) is 1. The predicted molar refractivity (Wildman–Crippen MR) is 54.5 cm³/mol. The van der Waals surface area contributed by atoms with Crippen molar-refractivity contribution < 1.29 is 4.74 Å². The first kappa shape index (κ1) is 10.6. The van der Waals surface area contributed by atoms with Gasteiger partial charge in [0.25, 0.3) is 0 Å². The predicted octanol–water partition coefficient (Wildman–Crippen LogP) is 1.51. The highest BCUT2D eigenvalue weighted by atomic mass is 16.5. The van der Waals surface area contributed by atoms with Crippen LogP contribution in [0.3, 0.4) is 0 Å². The van der Waals surface area contributed by atoms with Crippen molar-refractivity contribution in [2.75, 3.05) is 26.2 Å². The molecule has 1 heterocycles. The van der Waals surface area contributed by atoms with Crippen LogP contribution in [0.5, 0.6) is 0 Å². The Labute approximate surface area is 81.3 Å². The van der Waals surface area contributed by atoms with Crippen LogP contribution in [0, 0.1) is 12.3 Å². The van der Waals surface area contributed by atoms with Crippen LogP contribution in [0.25, 0.3) is 0 Å². The molecule has 2 nitrogen and oxygen atoms in total. The van der Waals surface area contributed by atoms with Gasteiger partial charge in [-0.1, -0.05) is 6.92 Å². The van der Waals surface area contributed by atoms with Crippen LogP contribution in [-0.4, -0.2) is 37.2 Å². The van der Waals surface area contributed by atoms with Gasteiger partial charge in [0.15, 0.2) is 0 Å². The minimum atomic E-state index is 0.456. The van der Waals surface area contributed by atoms with Gasteiger partial charge in [0.1, 0.15) is 0 Å². The summed E-state index contributed by atoms with van der Waals surface area (Å²) in [6.45, 7) is 6.25. The summed E-state index contributed by atoms with van der Waals surface area (Å²) < 4.78 is 5.57. The van der Waals surface area contributed by atoms with Crippen molar-refractivity contribution in [3.8, 4) is 12.3 Å². The van der Waals surface area contributed by atoms with E-state index in [1.54, 1.807) is 0 Å². The van der Waals surface area contributed by atoms with Crippen LogP contribution in [0.15, 0.2) is 0 Å². The lowest BCUT2D eigenvalue weighted by atomic mass is 10.2. The van der Waals surface area contributed by atoms with Gasteiger partial charge in [0.2, 0.25) is 0 Å². The van der Waals surface area contributed by atoms with Crippen molar-refractivity contribution in [2.45, 2.75) is 32.3 Å². The Balaban J connectivity index is 2.18. The zero-order valence-corrected chi connectivity index (χ0v) is 8.46. The summed E-state index contributed by atoms with van der Waals surface area (Å²) in [5.41, 5.74) is 0. The zero-order valence-electron chi connectivity index (χ0n) is 8.46. The smallest absolute Gasteiger partial charge is 0.0702 e. The molecule has 0 aromatic rings. The quantitative estimate of drug-likeness (QED) is 0.596. The molecule has 0 saturated carbocycles. The van der Waals surface area contributed by atoms with Crippen molar-refractivity contribution in [2.24, 2.45) is 0 Å². The Morgan fingerprint density at radius 3 is 3.00 bits per heavy atom. The van der Waals surface area contributed by atoms with Gasteiger partial charge in [-0.2, -0.15) is 0 Å². The fourth-order valence-electron chi connectivity index (χ4n) is 1.68. The van der Waals surface area contributed by atoms with Crippen LogP contribution in [-0.2, 0) is 4.74 Å². The third-order valence-corrected chi connectivity index (χ3v) is 2.51. The van der Waals surface area contributed by atoms with Crippen molar-refractivity contribution in [3.05, 3.63) is 0 Å². The van der Waals surface area contributed by atoms with E-state index in [2.05, 4.69) is 17.7 Å². The van der Waals surface area contributed by atoms with Gasteiger partial charge in [-0.05, 0) is 19.4 Å². The number of ether oxygens (including phenoxy) is 1. The van der Waals surface area contributed by atoms with Crippen LogP contribution < -0.4 is 0 Å². The molecule has 0 aromatic heterocycles. The van der Waals surface area contributed by atoms with E-state index in [1.807, 2.05) is 0 Å². The molecule has 1 atom stereocenters. The first-order valence-corrected chi connectivity index (χ1v) is 5.14. The molecule has 0 aromatic carbocycles. The summed E-state index contributed by atoms with van der Waals surface area (Å²) in [6, 6.07) is 0. The molecule has 0 amide bonds. The topological polar surface area (TPSA) is 12.5 Å². The average molecular weight is 181 g/mol. The summed E-state index contributed by atoms with van der Waals surface area (Å²) in [4.78, 5) is 2.37. The summed E-state index contributed by atoms with van der Waals surface area (Å²) >= 11 is 0. The second-order valence-electron chi connectivity index (χ2n) is 3.48. The molecule has 0 spiro atoms. The Bertz CT molecular complexity index is 167. The molecule has 74 valence electrons. The lowest BCUT2D eigenvalue weighted by Crippen LogP contribution is -2.32. The maximum absolute atomic E-state index is 5.57. The Hall–Kier alpha value is -0.520. The number of hydrogen-bond acceptors (Lipinski definition) is 2. The number of rotatable bonds is 5. The molecule has 1 aliphatic rings. The molecule has 1 saturated heterocycles. The van der Waals surface area contributed by atoms with E-state index in [4.69, 9.17) is 11.2 Å². The standard InChI is InChI=1S/C11H19NO/c1-3-5-8-12(4-2)10-11-7-6-9-13-11/h1,11H,4-10H2,2H3. The Kier molecular flexibility index (Phi) is 4.88. The molecule has 1 fully saturated rings. The molecule has 1 rings (SSSR count). The number of terminal acetylenes is 1. The van der Waals surface area contributed by atoms with Crippen molar-refractivity contribution in [1.82, 2.24) is 4.90 Å². The molecule has 0 aliphatic carbocycles. The van der Waals surface area contributed by atoms with Gasteiger partial charge in [0, 0.05) is 26.1 Å². The summed E-state index contributed by atoms with van der Waals surface area (Å²) in [6.07, 6.45) is 8.97. The first-order chi connectivity index (χ1) is 6.36. The fourth-order valence-corrected chi connectivity index (χ4v) is 1.68. The van der Waals surface area contributed by atoms with E-state index < -0.39 is 0 Å². The minimum Gasteiger partial charge on any atom is -0.377 e. The van der Waals surface area contributed by atoms with Gasteiger partial charge in [-0.3, -0.25) is 0 Å². The number of hydrogen-bond donors (Lipinski definition) is 0. The highest BCUT2D eigenvalue weighted by molar-refractivity contribution is 4.85. The Morgan fingerprint density at radius 2 is 2.46 bits per heavy atom. The van der Waals surface area contributed by atoms with Crippen LogP contribution in [0.1, 0.15) is 26.2 Å². The highest BCUT2D eigenvalue weighted by Crippen LogP contribution is 2.13. The van der Waals surface area contributed by atoms with E-state index in [0.29, 0.717) is 6.10 Å². The Morgan fingerprint density at radius 1 is 1.62 bits per heavy atom. The maximum atomic E-state index is 5.57. The third-order valence-electron chi connectivity index (χ3n) is 2.51. The van der Waals surface area contributed by atoms with E-state index in [1.165, 1.54) is 12.8 Å². The fraction of sp³-hybridized carbons (Fsp3) is 0.818. The molecule has 0 bridgehead atoms. The average Bonchev–Trinajstić information content (AvgIpc) is 2.64. The van der Waals surface area contributed by atoms with Gasteiger partial charge < -0.3 is 9.64 Å². The molecular weight excluding hydrogens is 162 g/mol. The van der Waals surface area contributed by atoms with Gasteiger partial charge in [-0.15, -0.1) is 12.3 Å². The monoisotopic (exact) mass is 181 g/mol. The molecule has 1 unspecified atom stereocenters. The second-order valence-corrected chi connectivity index (χ2v) is 3.48. The van der Waals surface area contributed by atoms with Crippen molar-refractivity contribution in [1.29, 1.82) is 0 Å². The summed E-state index contributed by atoms with van der Waals surface area (Å²) in [5.74, 6) is 2.67. The normalized spacial score (nSPS) is 22.1. The molecule has 1 aliphatic heterocycles. The minimum absolute atomic E-state index is 0.456. The second kappa shape index (κ2) is 6.01.